The van der Waals surface area contributed by atoms with Crippen molar-refractivity contribution in [2.75, 3.05) is 14.2 Å². The molecule has 0 unspecified atom stereocenters. The van der Waals surface area contributed by atoms with Gasteiger partial charge in [0.1, 0.15) is 5.69 Å². The van der Waals surface area contributed by atoms with Crippen LogP contribution in [0, 0.1) is 0 Å². The van der Waals surface area contributed by atoms with Gasteiger partial charge in [0.15, 0.2) is 0 Å². The summed E-state index contributed by atoms with van der Waals surface area (Å²) < 4.78 is 15.8. The quantitative estimate of drug-likeness (QED) is 0.751. The average molecular weight is 265 g/mol. The number of aromatic nitrogens is 3. The Bertz CT molecular complexity index is 595. The minimum Gasteiger partial charge on any atom is -0.464 e. The van der Waals surface area contributed by atoms with Crippen molar-refractivity contribution >= 4 is 11.9 Å². The number of oxazole rings is 1. The van der Waals surface area contributed by atoms with E-state index in [2.05, 4.69) is 19.6 Å². The standard InChI is InChI=1S/C11H11N3O5/c1-14-5-4-6(13-14)9-12-7(10(15)17-2)8(19-9)11(16)18-3/h4-5H,1-3H3. The second-order valence-corrected chi connectivity index (χ2v) is 3.55. The Labute approximate surface area is 107 Å². The van der Waals surface area contributed by atoms with Gasteiger partial charge in [-0.05, 0) is 6.07 Å². The van der Waals surface area contributed by atoms with Crippen molar-refractivity contribution in [3.63, 3.8) is 0 Å². The molecule has 0 aromatic carbocycles. The summed E-state index contributed by atoms with van der Waals surface area (Å²) in [4.78, 5) is 27.0. The Morgan fingerprint density at radius 2 is 1.95 bits per heavy atom. The lowest BCUT2D eigenvalue weighted by Crippen LogP contribution is -2.10. The van der Waals surface area contributed by atoms with Crippen LogP contribution >= 0.6 is 0 Å². The highest BCUT2D eigenvalue weighted by Crippen LogP contribution is 2.21. The molecule has 2 rings (SSSR count). The molecule has 2 aromatic heterocycles. The Balaban J connectivity index is 2.51. The lowest BCUT2D eigenvalue weighted by molar-refractivity contribution is 0.0527. The average Bonchev–Trinajstić information content (AvgIpc) is 3.02. The molecule has 0 aliphatic carbocycles. The summed E-state index contributed by atoms with van der Waals surface area (Å²) in [7, 11) is 4.07. The van der Waals surface area contributed by atoms with Gasteiger partial charge in [-0.1, -0.05) is 0 Å². The number of rotatable bonds is 3. The zero-order chi connectivity index (χ0) is 14.0. The van der Waals surface area contributed by atoms with Gasteiger partial charge in [-0.2, -0.15) is 10.1 Å². The molecule has 0 bridgehead atoms. The number of hydrogen-bond donors (Lipinski definition) is 0. The Morgan fingerprint density at radius 1 is 1.26 bits per heavy atom. The lowest BCUT2D eigenvalue weighted by Gasteiger charge is -1.96. The minimum absolute atomic E-state index is 0.0430. The molecular weight excluding hydrogens is 254 g/mol. The second-order valence-electron chi connectivity index (χ2n) is 3.55. The second kappa shape index (κ2) is 4.92. The van der Waals surface area contributed by atoms with Gasteiger partial charge in [-0.15, -0.1) is 0 Å². The third-order valence-corrected chi connectivity index (χ3v) is 2.31. The Hall–Kier alpha value is -2.64. The van der Waals surface area contributed by atoms with Gasteiger partial charge in [-0.3, -0.25) is 4.68 Å². The van der Waals surface area contributed by atoms with Crippen LogP contribution in [0.5, 0.6) is 0 Å². The molecule has 0 aliphatic rings. The molecule has 0 atom stereocenters. The summed E-state index contributed by atoms with van der Waals surface area (Å²) in [5.41, 5.74) is 0.151. The first kappa shape index (κ1) is 12.8. The zero-order valence-electron chi connectivity index (χ0n) is 10.5. The van der Waals surface area contributed by atoms with Crippen LogP contribution in [0.2, 0.25) is 0 Å². The van der Waals surface area contributed by atoms with E-state index in [0.29, 0.717) is 5.69 Å². The van der Waals surface area contributed by atoms with Crippen molar-refractivity contribution in [1.82, 2.24) is 14.8 Å². The summed E-state index contributed by atoms with van der Waals surface area (Å²) in [6.45, 7) is 0. The van der Waals surface area contributed by atoms with E-state index in [-0.39, 0.29) is 17.3 Å². The summed E-state index contributed by atoms with van der Waals surface area (Å²) in [5.74, 6) is -1.86. The highest BCUT2D eigenvalue weighted by molar-refractivity contribution is 6.00. The normalized spacial score (nSPS) is 10.3. The molecule has 2 heterocycles. The maximum Gasteiger partial charge on any atom is 0.376 e. The van der Waals surface area contributed by atoms with Gasteiger partial charge >= 0.3 is 11.9 Å². The fourth-order valence-corrected chi connectivity index (χ4v) is 1.42. The fourth-order valence-electron chi connectivity index (χ4n) is 1.42. The lowest BCUT2D eigenvalue weighted by atomic mass is 10.3. The molecular formula is C11H11N3O5. The number of esters is 2. The third-order valence-electron chi connectivity index (χ3n) is 2.31. The van der Waals surface area contributed by atoms with Crippen LogP contribution in [-0.2, 0) is 16.5 Å². The van der Waals surface area contributed by atoms with E-state index in [1.807, 2.05) is 0 Å². The van der Waals surface area contributed by atoms with Gasteiger partial charge in [0.05, 0.1) is 14.2 Å². The topological polar surface area (TPSA) is 96.5 Å². The van der Waals surface area contributed by atoms with Crippen molar-refractivity contribution in [3.8, 4) is 11.6 Å². The predicted octanol–water partition coefficient (Wildman–Crippen LogP) is 0.648. The van der Waals surface area contributed by atoms with E-state index in [9.17, 15) is 9.59 Å². The van der Waals surface area contributed by atoms with E-state index in [4.69, 9.17) is 4.42 Å². The molecule has 19 heavy (non-hydrogen) atoms. The molecule has 0 amide bonds. The molecule has 0 spiro atoms. The smallest absolute Gasteiger partial charge is 0.376 e. The van der Waals surface area contributed by atoms with Gasteiger partial charge in [0, 0.05) is 13.2 Å². The molecule has 100 valence electrons. The maximum atomic E-state index is 11.5. The summed E-state index contributed by atoms with van der Waals surface area (Å²) >= 11 is 0. The van der Waals surface area contributed by atoms with E-state index in [0.717, 1.165) is 0 Å². The zero-order valence-corrected chi connectivity index (χ0v) is 10.5. The molecule has 0 saturated heterocycles. The van der Waals surface area contributed by atoms with Crippen molar-refractivity contribution < 1.29 is 23.5 Å². The summed E-state index contributed by atoms with van der Waals surface area (Å²) in [6, 6.07) is 1.63. The molecule has 0 N–H and O–H groups in total. The van der Waals surface area contributed by atoms with Crippen LogP contribution in [0.1, 0.15) is 21.0 Å². The molecule has 0 radical (unpaired) electrons. The highest BCUT2D eigenvalue weighted by atomic mass is 16.5. The van der Waals surface area contributed by atoms with Crippen LogP contribution in [0.4, 0.5) is 0 Å². The number of ether oxygens (including phenoxy) is 2. The number of nitrogens with zero attached hydrogens (tertiary/aromatic N) is 3. The van der Waals surface area contributed by atoms with Crippen LogP contribution in [0.25, 0.3) is 11.6 Å². The summed E-state index contributed by atoms with van der Waals surface area (Å²) in [6.07, 6.45) is 1.68. The van der Waals surface area contributed by atoms with E-state index in [1.54, 1.807) is 19.3 Å². The van der Waals surface area contributed by atoms with Crippen LogP contribution in [-0.4, -0.2) is 40.9 Å². The van der Waals surface area contributed by atoms with Crippen LogP contribution in [0.15, 0.2) is 16.7 Å². The third kappa shape index (κ3) is 2.32. The maximum absolute atomic E-state index is 11.5. The molecule has 2 aromatic rings. The summed E-state index contributed by atoms with van der Waals surface area (Å²) in [5, 5.41) is 4.06. The van der Waals surface area contributed by atoms with Crippen LogP contribution in [0.3, 0.4) is 0 Å². The van der Waals surface area contributed by atoms with Gasteiger partial charge < -0.3 is 13.9 Å². The largest absolute Gasteiger partial charge is 0.464 e. The number of carbonyl (C=O) groups excluding carboxylic acids is 2. The van der Waals surface area contributed by atoms with E-state index >= 15 is 0 Å². The molecule has 0 saturated carbocycles. The molecule has 8 heteroatoms. The Morgan fingerprint density at radius 3 is 2.47 bits per heavy atom. The molecule has 8 nitrogen and oxygen atoms in total. The number of aryl methyl sites for hydroxylation is 1. The number of hydrogen-bond acceptors (Lipinski definition) is 7. The van der Waals surface area contributed by atoms with Gasteiger partial charge in [-0.25, -0.2) is 9.59 Å². The predicted molar refractivity (Wildman–Crippen MR) is 61.4 cm³/mol. The van der Waals surface area contributed by atoms with Crippen molar-refractivity contribution in [2.45, 2.75) is 0 Å². The monoisotopic (exact) mass is 265 g/mol. The minimum atomic E-state index is -0.810. The fraction of sp³-hybridized carbons (Fsp3) is 0.273. The van der Waals surface area contributed by atoms with Crippen molar-refractivity contribution in [1.29, 1.82) is 0 Å². The van der Waals surface area contributed by atoms with E-state index < -0.39 is 11.9 Å². The highest BCUT2D eigenvalue weighted by Gasteiger charge is 2.28. The number of carbonyl (C=O) groups is 2. The SMILES string of the molecule is COC(=O)c1nc(-c2ccn(C)n2)oc1C(=O)OC. The van der Waals surface area contributed by atoms with Gasteiger partial charge in [0.2, 0.25) is 17.3 Å². The van der Waals surface area contributed by atoms with E-state index in [1.165, 1.54) is 18.9 Å². The van der Waals surface area contributed by atoms with Crippen molar-refractivity contribution in [3.05, 3.63) is 23.7 Å². The first-order chi connectivity index (χ1) is 9.06. The molecule has 0 aliphatic heterocycles. The van der Waals surface area contributed by atoms with Crippen molar-refractivity contribution in [2.24, 2.45) is 7.05 Å². The first-order valence-corrected chi connectivity index (χ1v) is 5.24. The van der Waals surface area contributed by atoms with Crippen LogP contribution < -0.4 is 0 Å². The number of methoxy groups -OCH3 is 2. The molecule has 0 fully saturated rings. The Kier molecular flexibility index (Phi) is 3.32. The first-order valence-electron chi connectivity index (χ1n) is 5.24. The van der Waals surface area contributed by atoms with Gasteiger partial charge in [0.25, 0.3) is 0 Å².